The molecule has 2 aliphatic rings. The van der Waals surface area contributed by atoms with Crippen molar-refractivity contribution in [3.05, 3.63) is 191 Å². The molecule has 3 N–H and O–H groups in total. The fourth-order valence-corrected chi connectivity index (χ4v) is 7.70. The number of benzene rings is 4. The smallest absolute Gasteiger partial charge is 0.130 e. The monoisotopic (exact) mass is 772 g/mol. The van der Waals surface area contributed by atoms with Crippen LogP contribution < -0.4 is 0 Å². The standard InChI is InChI=1S/C48H43N3.C5H8.C2H5N/c1-7-29(2)23-48(49)51-46-21-19-34(38-22-32(5)14-16-33(38)6)25-42(46)43-26-36-18-17-35-24-41-37-11-9-8-10-30(3)12-13-31(4)15-20-44(37)50-45(41)27-39(35)40(36)28-47(43)51;1-4-5(2)3;1-2-3/h7-16,19-28,49-50H,1,17-18H2,2-6H3;4H,1-2H2,3H3;2-3H,1H3/b9-8?,10-8+,11-9-,13-12?,20-15-,29-23-,30-10?,30-12-,31-13-,31-15?,37-11?,44-20?,49-48?;;. The van der Waals surface area contributed by atoms with Crippen molar-refractivity contribution >= 4 is 56.9 Å². The van der Waals surface area contributed by atoms with E-state index in [0.29, 0.717) is 5.84 Å². The zero-order valence-electron chi connectivity index (χ0n) is 35.7. The van der Waals surface area contributed by atoms with Crippen LogP contribution in [0.15, 0.2) is 157 Å². The average Bonchev–Trinajstić information content (AvgIpc) is 3.73. The number of rotatable bonds is 4. The summed E-state index contributed by atoms with van der Waals surface area (Å²) in [7, 11) is 0. The molecule has 0 bridgehead atoms. The Bertz CT molecular complexity index is 2870. The summed E-state index contributed by atoms with van der Waals surface area (Å²) in [5.74, 6) is 0.434. The van der Waals surface area contributed by atoms with Crippen LogP contribution in [0.5, 0.6) is 0 Å². The highest BCUT2D eigenvalue weighted by atomic mass is 15.0. The maximum atomic E-state index is 9.32. The molecule has 296 valence electrons. The summed E-state index contributed by atoms with van der Waals surface area (Å²) in [6.45, 7) is 25.1. The Morgan fingerprint density at radius 1 is 0.712 bits per heavy atom. The maximum Gasteiger partial charge on any atom is 0.130 e. The van der Waals surface area contributed by atoms with Gasteiger partial charge < -0.3 is 10.4 Å². The number of nitrogens with zero attached hydrogens (tertiary/aromatic N) is 1. The van der Waals surface area contributed by atoms with Gasteiger partial charge in [0.1, 0.15) is 5.84 Å². The van der Waals surface area contributed by atoms with Gasteiger partial charge in [0.2, 0.25) is 0 Å². The number of aryl methyl sites for hydroxylation is 4. The minimum Gasteiger partial charge on any atom is -0.354 e. The van der Waals surface area contributed by atoms with Crippen LogP contribution in [-0.2, 0) is 12.8 Å². The third-order valence-corrected chi connectivity index (χ3v) is 10.9. The van der Waals surface area contributed by atoms with Gasteiger partial charge in [-0.2, -0.15) is 0 Å². The van der Waals surface area contributed by atoms with Gasteiger partial charge in [0.25, 0.3) is 0 Å². The lowest BCUT2D eigenvalue weighted by Gasteiger charge is -2.21. The summed E-state index contributed by atoms with van der Waals surface area (Å²) >= 11 is 0. The number of fused-ring (bicyclic) bond motifs is 9. The molecule has 0 fully saturated rings. The summed E-state index contributed by atoms with van der Waals surface area (Å²) < 4.78 is 2.12. The Kier molecular flexibility index (Phi) is 12.9. The molecule has 2 heterocycles. The van der Waals surface area contributed by atoms with Crippen LogP contribution >= 0.6 is 0 Å². The molecular weight excluding hydrogens is 717 g/mol. The second-order valence-electron chi connectivity index (χ2n) is 15.6. The van der Waals surface area contributed by atoms with Gasteiger partial charge in [-0.05, 0) is 161 Å². The van der Waals surface area contributed by atoms with Crippen LogP contribution in [0.4, 0.5) is 0 Å². The van der Waals surface area contributed by atoms with Gasteiger partial charge in [-0.15, -0.1) is 0 Å². The predicted octanol–water partition coefficient (Wildman–Crippen LogP) is 15.2. The van der Waals surface area contributed by atoms with E-state index in [0.717, 1.165) is 46.2 Å². The minimum absolute atomic E-state index is 0.434. The lowest BCUT2D eigenvalue weighted by Crippen LogP contribution is -2.09. The molecule has 0 atom stereocenters. The normalized spacial score (nSPS) is 16.7. The van der Waals surface area contributed by atoms with E-state index >= 15 is 0 Å². The first kappa shape index (κ1) is 41.8. The fraction of sp³-hybridized carbons (Fsp3) is 0.164. The number of aromatic nitrogens is 2. The minimum atomic E-state index is 0.434. The van der Waals surface area contributed by atoms with E-state index in [1.807, 2.05) is 26.0 Å². The van der Waals surface area contributed by atoms with Gasteiger partial charge in [0, 0.05) is 32.9 Å². The van der Waals surface area contributed by atoms with Crippen molar-refractivity contribution in [1.82, 2.24) is 9.55 Å². The van der Waals surface area contributed by atoms with E-state index < -0.39 is 0 Å². The zero-order chi connectivity index (χ0) is 42.4. The second-order valence-corrected chi connectivity index (χ2v) is 15.6. The first-order chi connectivity index (χ1) is 28.4. The van der Waals surface area contributed by atoms with Crippen molar-refractivity contribution < 1.29 is 0 Å². The lowest BCUT2D eigenvalue weighted by molar-refractivity contribution is 0.946. The van der Waals surface area contributed by atoms with Crippen molar-refractivity contribution in [1.29, 1.82) is 10.8 Å². The number of hydrogen-bond acceptors (Lipinski definition) is 2. The zero-order valence-corrected chi connectivity index (χ0v) is 35.7. The van der Waals surface area contributed by atoms with E-state index in [9.17, 15) is 5.41 Å². The Labute approximate surface area is 350 Å². The molecular formula is C55H56N4. The Balaban J connectivity index is 0.000000673. The number of allylic oxidation sites excluding steroid dienone is 13. The van der Waals surface area contributed by atoms with E-state index in [1.165, 1.54) is 83.6 Å². The fourth-order valence-electron chi connectivity index (χ4n) is 7.70. The lowest BCUT2D eigenvalue weighted by atomic mass is 9.83. The summed E-state index contributed by atoms with van der Waals surface area (Å²) in [4.78, 5) is 3.76. The van der Waals surface area contributed by atoms with E-state index in [-0.39, 0.29) is 0 Å². The number of H-pyrrole nitrogens is 1. The topological polar surface area (TPSA) is 68.4 Å². The summed E-state index contributed by atoms with van der Waals surface area (Å²) in [5, 5.41) is 19.0. The summed E-state index contributed by atoms with van der Waals surface area (Å²) in [5.41, 5.74) is 20.1. The van der Waals surface area contributed by atoms with Crippen LogP contribution in [0.25, 0.3) is 67.1 Å². The van der Waals surface area contributed by atoms with Crippen molar-refractivity contribution in [3.8, 4) is 22.3 Å². The van der Waals surface area contributed by atoms with Crippen LogP contribution in [0.3, 0.4) is 0 Å². The van der Waals surface area contributed by atoms with E-state index in [2.05, 4.69) is 166 Å². The Hall–Kier alpha value is -6.78. The molecule has 0 saturated heterocycles. The third-order valence-electron chi connectivity index (χ3n) is 10.9. The van der Waals surface area contributed by atoms with Crippen molar-refractivity contribution in [2.45, 2.75) is 61.3 Å². The molecule has 0 saturated carbocycles. The number of nitrogens with one attached hydrogen (secondary N) is 3. The van der Waals surface area contributed by atoms with Gasteiger partial charge in [0.15, 0.2) is 0 Å². The molecule has 59 heavy (non-hydrogen) atoms. The first-order valence-electron chi connectivity index (χ1n) is 20.3. The van der Waals surface area contributed by atoms with E-state index in [1.54, 1.807) is 13.0 Å². The summed E-state index contributed by atoms with van der Waals surface area (Å²) in [6.07, 6.45) is 26.0. The molecule has 4 nitrogen and oxygen atoms in total. The molecule has 0 radical (unpaired) electrons. The Morgan fingerprint density at radius 3 is 2.02 bits per heavy atom. The average molecular weight is 773 g/mol. The molecule has 0 unspecified atom stereocenters. The van der Waals surface area contributed by atoms with Gasteiger partial charge in [-0.25, -0.2) is 0 Å². The second kappa shape index (κ2) is 18.2. The molecule has 0 spiro atoms. The molecule has 0 amide bonds. The molecule has 2 aromatic heterocycles. The van der Waals surface area contributed by atoms with Crippen LogP contribution in [0, 0.1) is 24.7 Å². The first-order valence-corrected chi connectivity index (χ1v) is 20.3. The number of aromatic amines is 1. The molecule has 2 aliphatic carbocycles. The molecule has 0 aliphatic heterocycles. The molecule has 4 heteroatoms. The molecule has 6 aromatic rings. The highest BCUT2D eigenvalue weighted by Crippen LogP contribution is 2.43. The summed E-state index contributed by atoms with van der Waals surface area (Å²) in [6, 6.07) is 22.9. The van der Waals surface area contributed by atoms with Gasteiger partial charge in [-0.3, -0.25) is 9.98 Å². The van der Waals surface area contributed by atoms with Gasteiger partial charge in [-0.1, -0.05) is 121 Å². The van der Waals surface area contributed by atoms with Crippen LogP contribution in [0.1, 0.15) is 68.1 Å². The largest absolute Gasteiger partial charge is 0.354 e. The number of hydrogen-bond donors (Lipinski definition) is 3. The van der Waals surface area contributed by atoms with Crippen LogP contribution in [-0.4, -0.2) is 21.6 Å². The highest BCUT2D eigenvalue weighted by molar-refractivity contribution is 6.17. The predicted molar refractivity (Wildman–Crippen MR) is 260 cm³/mol. The van der Waals surface area contributed by atoms with Crippen LogP contribution in [0.2, 0.25) is 0 Å². The SMILES string of the molecule is C=C/C(C)=C\C(=N)n1c2ccc(-c3cc(C)ccc3C)cc2c2cc3c(cc21)-c1cc2[nH]c4c(c2cc1CC3)\C=C/C=C/C(C)=C\C=C(C)/C=C\4.C=CC(=C)C.CC=N. The quantitative estimate of drug-likeness (QED) is 0.0907. The van der Waals surface area contributed by atoms with Crippen molar-refractivity contribution in [2.75, 3.05) is 0 Å². The Morgan fingerprint density at radius 2 is 1.34 bits per heavy atom. The molecule has 8 rings (SSSR count). The third kappa shape index (κ3) is 9.03. The maximum absolute atomic E-state index is 9.32. The van der Waals surface area contributed by atoms with Crippen molar-refractivity contribution in [2.24, 2.45) is 0 Å². The van der Waals surface area contributed by atoms with Gasteiger partial charge in [0.05, 0.1) is 11.0 Å². The highest BCUT2D eigenvalue weighted by Gasteiger charge is 2.23. The molecule has 4 aromatic carbocycles. The van der Waals surface area contributed by atoms with Gasteiger partial charge >= 0.3 is 0 Å². The van der Waals surface area contributed by atoms with E-state index in [4.69, 9.17) is 5.41 Å². The van der Waals surface area contributed by atoms with Crippen molar-refractivity contribution in [3.63, 3.8) is 0 Å².